The van der Waals surface area contributed by atoms with Crippen LogP contribution in [0.15, 0.2) is 29.3 Å². The zero-order chi connectivity index (χ0) is 7.82. The van der Waals surface area contributed by atoms with Crippen LogP contribution in [0.25, 0.3) is 0 Å². The smallest absolute Gasteiger partial charge is 0.0848 e. The second-order valence-corrected chi connectivity index (χ2v) is 1.76. The molecule has 56 valence electrons. The van der Waals surface area contributed by atoms with E-state index in [9.17, 15) is 0 Å². The Balaban J connectivity index is 3.85. The van der Waals surface area contributed by atoms with Gasteiger partial charge in [0, 0.05) is 7.05 Å². The molecule has 0 bridgehead atoms. The van der Waals surface area contributed by atoms with Crippen molar-refractivity contribution in [2.75, 3.05) is 13.7 Å². The monoisotopic (exact) mass is 139 g/mol. The lowest BCUT2D eigenvalue weighted by molar-refractivity contribution is 0.358. The van der Waals surface area contributed by atoms with E-state index in [0.717, 1.165) is 0 Å². The molecule has 0 unspecified atom stereocenters. The molecule has 0 aromatic carbocycles. The van der Waals surface area contributed by atoms with Gasteiger partial charge in [0.1, 0.15) is 0 Å². The van der Waals surface area contributed by atoms with Gasteiger partial charge in [-0.25, -0.2) is 0 Å². The van der Waals surface area contributed by atoms with Crippen molar-refractivity contribution in [1.82, 2.24) is 0 Å². The standard InChI is InChI=1S/C8H13NO/c1-3-4-5-6-8(7-10)9-2/h3-6,10H,7H2,1-2H3/b4-3+,6-5-,9-8?. The van der Waals surface area contributed by atoms with Crippen LogP contribution < -0.4 is 0 Å². The van der Waals surface area contributed by atoms with Gasteiger partial charge in [-0.05, 0) is 13.0 Å². The fourth-order valence-corrected chi connectivity index (χ4v) is 0.476. The largest absolute Gasteiger partial charge is 0.390 e. The Bertz CT molecular complexity index is 157. The lowest BCUT2D eigenvalue weighted by atomic mass is 10.3. The maximum atomic E-state index is 8.62. The number of aliphatic hydroxyl groups excluding tert-OH is 1. The van der Waals surface area contributed by atoms with Crippen LogP contribution in [0.2, 0.25) is 0 Å². The van der Waals surface area contributed by atoms with Crippen molar-refractivity contribution in [2.45, 2.75) is 6.92 Å². The van der Waals surface area contributed by atoms with Gasteiger partial charge < -0.3 is 5.11 Å². The van der Waals surface area contributed by atoms with E-state index >= 15 is 0 Å². The Labute approximate surface area is 61.6 Å². The van der Waals surface area contributed by atoms with E-state index in [-0.39, 0.29) is 6.61 Å². The van der Waals surface area contributed by atoms with Gasteiger partial charge >= 0.3 is 0 Å². The molecule has 0 aliphatic carbocycles. The minimum absolute atomic E-state index is 0.00452. The predicted octanol–water partition coefficient (Wildman–Crippen LogP) is 1.18. The number of nitrogens with zero attached hydrogens (tertiary/aromatic N) is 1. The molecular weight excluding hydrogens is 126 g/mol. The number of aliphatic hydroxyl groups is 1. The summed E-state index contributed by atoms with van der Waals surface area (Å²) >= 11 is 0. The van der Waals surface area contributed by atoms with Crippen LogP contribution >= 0.6 is 0 Å². The first-order chi connectivity index (χ1) is 4.85. The lowest BCUT2D eigenvalue weighted by Crippen LogP contribution is -1.98. The van der Waals surface area contributed by atoms with Gasteiger partial charge in [-0.15, -0.1) is 0 Å². The molecule has 0 aromatic rings. The van der Waals surface area contributed by atoms with Gasteiger partial charge in [0.05, 0.1) is 12.3 Å². The molecule has 10 heavy (non-hydrogen) atoms. The molecule has 0 atom stereocenters. The second kappa shape index (κ2) is 6.23. The van der Waals surface area contributed by atoms with Crippen LogP contribution in [0.5, 0.6) is 0 Å². The zero-order valence-electron chi connectivity index (χ0n) is 6.41. The molecule has 2 heteroatoms. The molecule has 2 nitrogen and oxygen atoms in total. The van der Waals surface area contributed by atoms with Crippen LogP contribution in [-0.4, -0.2) is 24.5 Å². The zero-order valence-corrected chi connectivity index (χ0v) is 6.41. The molecule has 0 saturated heterocycles. The second-order valence-electron chi connectivity index (χ2n) is 1.76. The number of rotatable bonds is 3. The molecule has 0 saturated carbocycles. The van der Waals surface area contributed by atoms with Gasteiger partial charge in [0.25, 0.3) is 0 Å². The first kappa shape index (κ1) is 9.11. The molecule has 0 radical (unpaired) electrons. The summed E-state index contributed by atoms with van der Waals surface area (Å²) in [5.41, 5.74) is 0.693. The normalized spacial score (nSPS) is 13.7. The SMILES string of the molecule is C/C=C/C=C\C(CO)=NC. The Kier molecular flexibility index (Phi) is 5.68. The van der Waals surface area contributed by atoms with Crippen molar-refractivity contribution in [3.8, 4) is 0 Å². The van der Waals surface area contributed by atoms with Crippen molar-refractivity contribution in [1.29, 1.82) is 0 Å². The minimum atomic E-state index is 0.00452. The van der Waals surface area contributed by atoms with Crippen molar-refractivity contribution >= 4 is 5.71 Å². The van der Waals surface area contributed by atoms with E-state index in [1.54, 1.807) is 13.1 Å². The predicted molar refractivity (Wildman–Crippen MR) is 44.4 cm³/mol. The van der Waals surface area contributed by atoms with Crippen molar-refractivity contribution in [2.24, 2.45) is 4.99 Å². The van der Waals surface area contributed by atoms with E-state index in [0.29, 0.717) is 5.71 Å². The lowest BCUT2D eigenvalue weighted by Gasteiger charge is -1.89. The van der Waals surface area contributed by atoms with Crippen molar-refractivity contribution in [3.63, 3.8) is 0 Å². The fourth-order valence-electron chi connectivity index (χ4n) is 0.476. The highest BCUT2D eigenvalue weighted by atomic mass is 16.3. The third-order valence-corrected chi connectivity index (χ3v) is 1.04. The highest BCUT2D eigenvalue weighted by Gasteiger charge is 1.84. The molecule has 0 aliphatic rings. The van der Waals surface area contributed by atoms with Gasteiger partial charge in [-0.3, -0.25) is 4.99 Å². The number of hydrogen-bond acceptors (Lipinski definition) is 2. The van der Waals surface area contributed by atoms with Crippen LogP contribution in [0.1, 0.15) is 6.92 Å². The topological polar surface area (TPSA) is 32.6 Å². The Hall–Kier alpha value is -0.890. The highest BCUT2D eigenvalue weighted by molar-refractivity contribution is 5.95. The number of aliphatic imine (C=N–C) groups is 1. The number of hydrogen-bond donors (Lipinski definition) is 1. The third kappa shape index (κ3) is 4.04. The summed E-state index contributed by atoms with van der Waals surface area (Å²) in [4.78, 5) is 3.82. The fraction of sp³-hybridized carbons (Fsp3) is 0.375. The van der Waals surface area contributed by atoms with Crippen LogP contribution in [0, 0.1) is 0 Å². The highest BCUT2D eigenvalue weighted by Crippen LogP contribution is 1.81. The van der Waals surface area contributed by atoms with Gasteiger partial charge in [0.2, 0.25) is 0 Å². The molecular formula is C8H13NO. The molecule has 0 aromatic heterocycles. The van der Waals surface area contributed by atoms with Gasteiger partial charge in [0.15, 0.2) is 0 Å². The average molecular weight is 139 g/mol. The van der Waals surface area contributed by atoms with E-state index in [2.05, 4.69) is 4.99 Å². The summed E-state index contributed by atoms with van der Waals surface area (Å²) in [5, 5.41) is 8.62. The van der Waals surface area contributed by atoms with Gasteiger partial charge in [-0.1, -0.05) is 18.2 Å². The third-order valence-electron chi connectivity index (χ3n) is 1.04. The summed E-state index contributed by atoms with van der Waals surface area (Å²) in [6, 6.07) is 0. The van der Waals surface area contributed by atoms with Gasteiger partial charge in [-0.2, -0.15) is 0 Å². The van der Waals surface area contributed by atoms with Crippen molar-refractivity contribution in [3.05, 3.63) is 24.3 Å². The summed E-state index contributed by atoms with van der Waals surface area (Å²) in [7, 11) is 1.66. The summed E-state index contributed by atoms with van der Waals surface area (Å²) < 4.78 is 0. The molecule has 0 rings (SSSR count). The molecule has 0 fully saturated rings. The van der Waals surface area contributed by atoms with Crippen LogP contribution in [-0.2, 0) is 0 Å². The van der Waals surface area contributed by atoms with E-state index < -0.39 is 0 Å². The molecule has 0 amide bonds. The van der Waals surface area contributed by atoms with E-state index in [4.69, 9.17) is 5.11 Å². The minimum Gasteiger partial charge on any atom is -0.390 e. The average Bonchev–Trinajstić information content (AvgIpc) is 1.99. The van der Waals surface area contributed by atoms with Crippen LogP contribution in [0.3, 0.4) is 0 Å². The van der Waals surface area contributed by atoms with E-state index in [1.807, 2.05) is 25.2 Å². The number of allylic oxidation sites excluding steroid dienone is 3. The molecule has 1 N–H and O–H groups in total. The Morgan fingerprint density at radius 1 is 1.50 bits per heavy atom. The summed E-state index contributed by atoms with van der Waals surface area (Å²) in [5.74, 6) is 0. The Morgan fingerprint density at radius 3 is 2.60 bits per heavy atom. The molecule has 0 heterocycles. The summed E-state index contributed by atoms with van der Waals surface area (Å²) in [6.07, 6.45) is 7.43. The summed E-state index contributed by atoms with van der Waals surface area (Å²) in [6.45, 7) is 1.94. The molecule has 0 spiro atoms. The quantitative estimate of drug-likeness (QED) is 0.462. The van der Waals surface area contributed by atoms with E-state index in [1.165, 1.54) is 0 Å². The maximum Gasteiger partial charge on any atom is 0.0848 e. The first-order valence-electron chi connectivity index (χ1n) is 3.21. The maximum absolute atomic E-state index is 8.62. The first-order valence-corrected chi connectivity index (χ1v) is 3.21. The van der Waals surface area contributed by atoms with Crippen LogP contribution in [0.4, 0.5) is 0 Å². The molecule has 0 aliphatic heterocycles. The van der Waals surface area contributed by atoms with Crippen molar-refractivity contribution < 1.29 is 5.11 Å². The Morgan fingerprint density at radius 2 is 2.20 bits per heavy atom.